The van der Waals surface area contributed by atoms with Gasteiger partial charge in [0.05, 0.1) is 0 Å². The number of carbonyl (C=O) groups is 1. The smallest absolute Gasteiger partial charge is 0.225 e. The minimum absolute atomic E-state index is 0.306. The Morgan fingerprint density at radius 2 is 1.52 bits per heavy atom. The Bertz CT molecular complexity index is 973. The van der Waals surface area contributed by atoms with Crippen LogP contribution < -0.4 is 4.90 Å². The van der Waals surface area contributed by atoms with E-state index in [0.29, 0.717) is 11.8 Å². The molecule has 2 fully saturated rings. The third kappa shape index (κ3) is 3.05. The lowest BCUT2D eigenvalue weighted by atomic mass is 10.0. The fourth-order valence-electron chi connectivity index (χ4n) is 4.00. The van der Waals surface area contributed by atoms with Crippen molar-refractivity contribution in [2.24, 2.45) is 5.92 Å². The van der Waals surface area contributed by atoms with Crippen LogP contribution in [-0.4, -0.2) is 42.0 Å². The normalized spacial score (nSPS) is 17.3. The van der Waals surface area contributed by atoms with Gasteiger partial charge in [-0.1, -0.05) is 54.6 Å². The molecule has 0 bridgehead atoms. The number of carbonyl (C=O) groups excluding carboxylic acids is 1. The molecule has 4 heteroatoms. The van der Waals surface area contributed by atoms with Gasteiger partial charge in [-0.3, -0.25) is 4.79 Å². The first-order valence-electron chi connectivity index (χ1n) is 9.78. The number of hydrogen-bond acceptors (Lipinski definition) is 3. The summed E-state index contributed by atoms with van der Waals surface area (Å²) in [6.07, 6.45) is 4.15. The number of piperazine rings is 1. The lowest BCUT2D eigenvalue weighted by Gasteiger charge is -2.36. The first kappa shape index (κ1) is 16.3. The zero-order valence-electron chi connectivity index (χ0n) is 15.3. The van der Waals surface area contributed by atoms with Crippen molar-refractivity contribution in [3.05, 3.63) is 60.8 Å². The fourth-order valence-corrected chi connectivity index (χ4v) is 4.00. The lowest BCUT2D eigenvalue weighted by molar-refractivity contribution is -0.132. The molecule has 4 nitrogen and oxygen atoms in total. The quantitative estimate of drug-likeness (QED) is 0.712. The molecule has 0 spiro atoms. The highest BCUT2D eigenvalue weighted by molar-refractivity contribution is 6.02. The molecule has 3 aromatic rings. The molecule has 0 N–H and O–H groups in total. The number of pyridine rings is 1. The second kappa shape index (κ2) is 6.69. The van der Waals surface area contributed by atoms with E-state index in [0.717, 1.165) is 50.4 Å². The van der Waals surface area contributed by atoms with Crippen molar-refractivity contribution in [1.82, 2.24) is 9.88 Å². The molecule has 1 aliphatic heterocycles. The fraction of sp³-hybridized carbons (Fsp3) is 0.304. The van der Waals surface area contributed by atoms with Gasteiger partial charge in [-0.25, -0.2) is 4.98 Å². The van der Waals surface area contributed by atoms with E-state index < -0.39 is 0 Å². The van der Waals surface area contributed by atoms with Crippen molar-refractivity contribution in [2.75, 3.05) is 31.1 Å². The predicted octanol–water partition coefficient (Wildman–Crippen LogP) is 3.96. The van der Waals surface area contributed by atoms with Crippen molar-refractivity contribution in [2.45, 2.75) is 12.8 Å². The van der Waals surface area contributed by atoms with E-state index in [4.69, 9.17) is 4.98 Å². The number of rotatable bonds is 3. The number of aromatic nitrogens is 1. The van der Waals surface area contributed by atoms with Gasteiger partial charge in [0.15, 0.2) is 0 Å². The van der Waals surface area contributed by atoms with E-state index in [1.165, 1.54) is 16.3 Å². The standard InChI is InChI=1S/C23H23N3O/c27-23(18-10-11-18)26-14-12-25(13-15-26)22-20-9-5-4-8-19(20)21(16-24-22)17-6-2-1-3-7-17/h1-9,16,18H,10-15H2. The van der Waals surface area contributed by atoms with Crippen LogP contribution in [0.15, 0.2) is 60.8 Å². The van der Waals surface area contributed by atoms with Gasteiger partial charge in [0.2, 0.25) is 5.91 Å². The average Bonchev–Trinajstić information content (AvgIpc) is 3.59. The maximum Gasteiger partial charge on any atom is 0.225 e. The summed E-state index contributed by atoms with van der Waals surface area (Å²) in [6.45, 7) is 3.29. The molecule has 0 radical (unpaired) electrons. The van der Waals surface area contributed by atoms with Crippen molar-refractivity contribution >= 4 is 22.5 Å². The summed E-state index contributed by atoms with van der Waals surface area (Å²) in [4.78, 5) is 21.5. The monoisotopic (exact) mass is 357 g/mol. The summed E-state index contributed by atoms with van der Waals surface area (Å²) in [5.41, 5.74) is 2.35. The van der Waals surface area contributed by atoms with Gasteiger partial charge in [-0.05, 0) is 23.8 Å². The summed E-state index contributed by atoms with van der Waals surface area (Å²) in [7, 11) is 0. The van der Waals surface area contributed by atoms with E-state index >= 15 is 0 Å². The van der Waals surface area contributed by atoms with Crippen molar-refractivity contribution in [1.29, 1.82) is 0 Å². The molecular formula is C23H23N3O. The largest absolute Gasteiger partial charge is 0.353 e. The Labute approximate surface area is 159 Å². The molecular weight excluding hydrogens is 334 g/mol. The van der Waals surface area contributed by atoms with Gasteiger partial charge in [-0.15, -0.1) is 0 Å². The van der Waals surface area contributed by atoms with E-state index in [1.807, 2.05) is 17.2 Å². The summed E-state index contributed by atoms with van der Waals surface area (Å²) in [5.74, 6) is 1.69. The van der Waals surface area contributed by atoms with Gasteiger partial charge >= 0.3 is 0 Å². The molecule has 1 aliphatic carbocycles. The molecule has 2 aromatic carbocycles. The zero-order valence-corrected chi connectivity index (χ0v) is 15.3. The van der Waals surface area contributed by atoms with E-state index in [-0.39, 0.29) is 0 Å². The van der Waals surface area contributed by atoms with Crippen LogP contribution in [0.1, 0.15) is 12.8 Å². The van der Waals surface area contributed by atoms with E-state index in [2.05, 4.69) is 53.4 Å². The molecule has 2 aliphatic rings. The molecule has 1 saturated heterocycles. The maximum absolute atomic E-state index is 12.3. The van der Waals surface area contributed by atoms with Crippen LogP contribution in [-0.2, 0) is 4.79 Å². The highest BCUT2D eigenvalue weighted by Crippen LogP contribution is 2.34. The first-order chi connectivity index (χ1) is 13.3. The SMILES string of the molecule is O=C(C1CC1)N1CCN(c2ncc(-c3ccccc3)c3ccccc23)CC1. The second-order valence-electron chi connectivity index (χ2n) is 7.49. The van der Waals surface area contributed by atoms with Gasteiger partial charge in [-0.2, -0.15) is 0 Å². The summed E-state index contributed by atoms with van der Waals surface area (Å²) in [5, 5.41) is 2.41. The lowest BCUT2D eigenvalue weighted by Crippen LogP contribution is -2.49. The molecule has 5 rings (SSSR count). The first-order valence-corrected chi connectivity index (χ1v) is 9.78. The number of anilines is 1. The van der Waals surface area contributed by atoms with Crippen LogP contribution in [0.2, 0.25) is 0 Å². The van der Waals surface area contributed by atoms with E-state index in [9.17, 15) is 4.79 Å². The topological polar surface area (TPSA) is 36.4 Å². The van der Waals surface area contributed by atoms with Gasteiger partial charge in [0, 0.05) is 49.2 Å². The Morgan fingerprint density at radius 1 is 0.852 bits per heavy atom. The number of hydrogen-bond donors (Lipinski definition) is 0. The Kier molecular flexibility index (Phi) is 4.04. The Morgan fingerprint density at radius 3 is 2.22 bits per heavy atom. The highest BCUT2D eigenvalue weighted by Gasteiger charge is 2.34. The minimum atomic E-state index is 0.306. The van der Waals surface area contributed by atoms with Gasteiger partial charge in [0.25, 0.3) is 0 Å². The molecule has 1 saturated carbocycles. The molecule has 0 atom stereocenters. The second-order valence-corrected chi connectivity index (χ2v) is 7.49. The molecule has 27 heavy (non-hydrogen) atoms. The van der Waals surface area contributed by atoms with Crippen LogP contribution in [0.3, 0.4) is 0 Å². The summed E-state index contributed by atoms with van der Waals surface area (Å²) >= 11 is 0. The molecule has 136 valence electrons. The van der Waals surface area contributed by atoms with Crippen LogP contribution in [0.5, 0.6) is 0 Å². The van der Waals surface area contributed by atoms with Crippen LogP contribution in [0.25, 0.3) is 21.9 Å². The van der Waals surface area contributed by atoms with E-state index in [1.54, 1.807) is 0 Å². The third-order valence-corrected chi connectivity index (χ3v) is 5.68. The number of nitrogens with zero attached hydrogens (tertiary/aromatic N) is 3. The summed E-state index contributed by atoms with van der Waals surface area (Å²) in [6, 6.07) is 18.9. The van der Waals surface area contributed by atoms with Gasteiger partial charge in [0.1, 0.15) is 5.82 Å². The minimum Gasteiger partial charge on any atom is -0.353 e. The van der Waals surface area contributed by atoms with Crippen molar-refractivity contribution in [3.63, 3.8) is 0 Å². The maximum atomic E-state index is 12.3. The zero-order chi connectivity index (χ0) is 18.2. The number of benzene rings is 2. The van der Waals surface area contributed by atoms with Crippen LogP contribution in [0, 0.1) is 5.92 Å². The van der Waals surface area contributed by atoms with Crippen molar-refractivity contribution in [3.8, 4) is 11.1 Å². The molecule has 1 amide bonds. The van der Waals surface area contributed by atoms with Gasteiger partial charge < -0.3 is 9.80 Å². The van der Waals surface area contributed by atoms with Crippen molar-refractivity contribution < 1.29 is 4.79 Å². The Hall–Kier alpha value is -2.88. The molecule has 1 aromatic heterocycles. The third-order valence-electron chi connectivity index (χ3n) is 5.68. The van der Waals surface area contributed by atoms with Crippen LogP contribution >= 0.6 is 0 Å². The predicted molar refractivity (Wildman–Crippen MR) is 109 cm³/mol. The molecule has 0 unspecified atom stereocenters. The highest BCUT2D eigenvalue weighted by atomic mass is 16.2. The summed E-state index contributed by atoms with van der Waals surface area (Å²) < 4.78 is 0. The van der Waals surface area contributed by atoms with Crippen LogP contribution in [0.4, 0.5) is 5.82 Å². The number of fused-ring (bicyclic) bond motifs is 1. The Balaban J connectivity index is 1.45. The molecule has 2 heterocycles. The number of amides is 1. The average molecular weight is 357 g/mol.